The number of ether oxygens (including phenoxy) is 4. The van der Waals surface area contributed by atoms with Crippen LogP contribution in [-0.4, -0.2) is 124 Å². The van der Waals surface area contributed by atoms with Gasteiger partial charge >= 0.3 is 0 Å². The van der Waals surface area contributed by atoms with E-state index in [-0.39, 0.29) is 31.9 Å². The number of hydrogen-bond acceptors (Lipinski definition) is 14. The molecular formula is C22H39N5O10. The van der Waals surface area contributed by atoms with Crippen LogP contribution >= 0.6 is 0 Å². The number of carbonyl (C=O) groups excluding carboxylic acids is 1. The van der Waals surface area contributed by atoms with E-state index in [2.05, 4.69) is 5.32 Å². The Hall–Kier alpha value is -1.89. The molecule has 0 radical (unpaired) electrons. The summed E-state index contributed by atoms with van der Waals surface area (Å²) in [4.78, 5) is 12.5. The van der Waals surface area contributed by atoms with Gasteiger partial charge in [0.25, 0.3) is 5.95 Å². The van der Waals surface area contributed by atoms with Crippen molar-refractivity contribution in [2.45, 2.75) is 86.1 Å². The van der Waals surface area contributed by atoms with E-state index < -0.39 is 85.8 Å². The van der Waals surface area contributed by atoms with Gasteiger partial charge in [-0.3, -0.25) is 4.79 Å². The van der Waals surface area contributed by atoms with Crippen LogP contribution in [0.4, 0.5) is 0 Å². The highest BCUT2D eigenvalue weighted by Crippen LogP contribution is 2.31. The summed E-state index contributed by atoms with van der Waals surface area (Å²) >= 11 is 0. The molecule has 4 unspecified atom stereocenters. The second kappa shape index (κ2) is 13.3. The fraction of sp³-hybridized carbons (Fsp3) is 0.773. The molecule has 15 nitrogen and oxygen atoms in total. The molecular weight excluding hydrogens is 494 g/mol. The van der Waals surface area contributed by atoms with Crippen LogP contribution in [0.2, 0.25) is 0 Å². The molecule has 1 amide bonds. The first-order chi connectivity index (χ1) is 17.6. The second-order valence-electron chi connectivity index (χ2n) is 9.33. The van der Waals surface area contributed by atoms with Crippen LogP contribution in [-0.2, 0) is 23.7 Å². The molecule has 37 heavy (non-hydrogen) atoms. The van der Waals surface area contributed by atoms with E-state index >= 15 is 0 Å². The van der Waals surface area contributed by atoms with Crippen molar-refractivity contribution in [2.24, 2.45) is 22.9 Å². The van der Waals surface area contributed by atoms with Crippen LogP contribution < -0.4 is 28.3 Å². The molecule has 3 rings (SSSR count). The largest absolute Gasteiger partial charge is 0.458 e. The minimum Gasteiger partial charge on any atom is -0.458 e. The average molecular weight is 534 g/mol. The fourth-order valence-electron chi connectivity index (χ4n) is 4.48. The lowest BCUT2D eigenvalue weighted by Gasteiger charge is -2.47. The van der Waals surface area contributed by atoms with Gasteiger partial charge in [-0.05, 0) is 25.5 Å². The summed E-state index contributed by atoms with van der Waals surface area (Å²) in [6, 6.07) is -3.02. The van der Waals surface area contributed by atoms with Crippen molar-refractivity contribution in [3.05, 3.63) is 24.2 Å². The van der Waals surface area contributed by atoms with Crippen molar-refractivity contribution in [1.29, 1.82) is 0 Å². The maximum atomic E-state index is 12.5. The van der Waals surface area contributed by atoms with Gasteiger partial charge in [0.1, 0.15) is 48.8 Å². The summed E-state index contributed by atoms with van der Waals surface area (Å²) in [7, 11) is 0. The zero-order valence-electron chi connectivity index (χ0n) is 20.3. The molecule has 0 aromatic carbocycles. The Balaban J connectivity index is 1.82. The first-order valence-corrected chi connectivity index (χ1v) is 12.2. The van der Waals surface area contributed by atoms with E-state index in [4.69, 9.17) is 41.9 Å². The molecule has 12 atom stereocenters. The molecule has 0 spiro atoms. The summed E-state index contributed by atoms with van der Waals surface area (Å²) in [5.41, 5.74) is 23.2. The van der Waals surface area contributed by atoms with E-state index in [0.717, 1.165) is 0 Å². The lowest BCUT2D eigenvalue weighted by Crippen LogP contribution is -2.68. The summed E-state index contributed by atoms with van der Waals surface area (Å²) in [6.45, 7) is -0.357. The van der Waals surface area contributed by atoms with Gasteiger partial charge in [-0.1, -0.05) is 6.08 Å². The molecule has 2 fully saturated rings. The van der Waals surface area contributed by atoms with Gasteiger partial charge in [0.2, 0.25) is 5.91 Å². The number of carbonyl (C=O) groups is 1. The van der Waals surface area contributed by atoms with E-state index in [0.29, 0.717) is 0 Å². The standard InChI is InChI=1S/C22H39N5O10/c23-5-4-12(29)21(33)27-11-6-10(25)19(36-14-3-1-2-9(7-24)34-14)18(32)20(11)37-22-17(31)15(26)16(30)13(8-28)35-22/h1-3,9-13,15-20,22,28-32H,4-8,23-26H2,(H,27,33)/t9-,10-,11+,12-,13?,15-,16-,17?,18?,19?,20-,22+/m0/s1. The number of aliphatic hydroxyl groups is 5. The molecule has 0 aromatic rings. The van der Waals surface area contributed by atoms with E-state index in [1.807, 2.05) is 0 Å². The third-order valence-electron chi connectivity index (χ3n) is 6.63. The number of aliphatic hydroxyl groups excluding tert-OH is 5. The number of amides is 1. The first-order valence-electron chi connectivity index (χ1n) is 12.2. The minimum atomic E-state index is -1.54. The number of nitrogens with one attached hydrogen (secondary N) is 1. The SMILES string of the molecule is NCC[C@H](O)C(=O)N[C@@H]1C[C@H](N)C(OC2=CC=C[C@@H](CN)O2)C(O)[C@H]1O[C@H]1OC(CO)[C@H](O)[C@H](N)C1O. The average Bonchev–Trinajstić information content (AvgIpc) is 2.88. The van der Waals surface area contributed by atoms with Gasteiger partial charge < -0.3 is 72.7 Å². The maximum Gasteiger partial charge on any atom is 0.280 e. The van der Waals surface area contributed by atoms with Gasteiger partial charge in [-0.25, -0.2) is 0 Å². The normalized spacial score (nSPS) is 40.9. The second-order valence-corrected chi connectivity index (χ2v) is 9.33. The summed E-state index contributed by atoms with van der Waals surface area (Å²) < 4.78 is 22.8. The van der Waals surface area contributed by atoms with E-state index in [1.54, 1.807) is 12.2 Å². The summed E-state index contributed by atoms with van der Waals surface area (Å²) in [6.07, 6.45) is -6.33. The fourth-order valence-corrected chi connectivity index (χ4v) is 4.48. The first kappa shape index (κ1) is 29.7. The van der Waals surface area contributed by atoms with Crippen molar-refractivity contribution < 1.29 is 49.3 Å². The Morgan fingerprint density at radius 1 is 1.16 bits per heavy atom. The van der Waals surface area contributed by atoms with Crippen molar-refractivity contribution in [3.63, 3.8) is 0 Å². The monoisotopic (exact) mass is 533 g/mol. The Bertz CT molecular complexity index is 817. The third kappa shape index (κ3) is 6.96. The number of allylic oxidation sites excluding steroid dienone is 2. The summed E-state index contributed by atoms with van der Waals surface area (Å²) in [5.74, 6) is -0.695. The Morgan fingerprint density at radius 3 is 2.54 bits per heavy atom. The molecule has 1 aliphatic carbocycles. The lowest BCUT2D eigenvalue weighted by molar-refractivity contribution is -0.306. The van der Waals surface area contributed by atoms with Gasteiger partial charge in [-0.2, -0.15) is 0 Å². The smallest absolute Gasteiger partial charge is 0.280 e. The molecule has 1 saturated heterocycles. The van der Waals surface area contributed by atoms with Crippen molar-refractivity contribution in [2.75, 3.05) is 19.7 Å². The van der Waals surface area contributed by atoms with Crippen molar-refractivity contribution >= 4 is 5.91 Å². The van der Waals surface area contributed by atoms with Crippen LogP contribution in [0.15, 0.2) is 24.2 Å². The summed E-state index contributed by atoms with van der Waals surface area (Å²) in [5, 5.41) is 54.1. The van der Waals surface area contributed by atoms with Crippen LogP contribution in [0.1, 0.15) is 12.8 Å². The quantitative estimate of drug-likeness (QED) is 0.125. The molecule has 0 aromatic heterocycles. The Morgan fingerprint density at radius 2 is 1.89 bits per heavy atom. The highest BCUT2D eigenvalue weighted by Gasteiger charge is 2.50. The molecule has 2 aliphatic heterocycles. The van der Waals surface area contributed by atoms with Crippen molar-refractivity contribution in [1.82, 2.24) is 5.32 Å². The van der Waals surface area contributed by atoms with Gasteiger partial charge in [0, 0.05) is 18.7 Å². The van der Waals surface area contributed by atoms with Gasteiger partial charge in [0.05, 0.1) is 18.7 Å². The third-order valence-corrected chi connectivity index (χ3v) is 6.63. The Kier molecular flexibility index (Phi) is 10.6. The molecule has 2 heterocycles. The zero-order valence-corrected chi connectivity index (χ0v) is 20.3. The van der Waals surface area contributed by atoms with Gasteiger partial charge in [-0.15, -0.1) is 0 Å². The molecule has 3 aliphatic rings. The highest BCUT2D eigenvalue weighted by atomic mass is 16.7. The van der Waals surface area contributed by atoms with Crippen LogP contribution in [0, 0.1) is 0 Å². The molecule has 1 saturated carbocycles. The number of rotatable bonds is 10. The maximum absolute atomic E-state index is 12.5. The van der Waals surface area contributed by atoms with Crippen molar-refractivity contribution in [3.8, 4) is 0 Å². The molecule has 14 N–H and O–H groups in total. The minimum absolute atomic E-state index is 0.00110. The van der Waals surface area contributed by atoms with E-state index in [9.17, 15) is 30.3 Å². The lowest BCUT2D eigenvalue weighted by atomic mass is 9.83. The predicted molar refractivity (Wildman–Crippen MR) is 127 cm³/mol. The molecule has 0 bridgehead atoms. The number of nitrogens with two attached hydrogens (primary N) is 4. The Labute approximate surface area is 214 Å². The van der Waals surface area contributed by atoms with Gasteiger partial charge in [0.15, 0.2) is 6.29 Å². The highest BCUT2D eigenvalue weighted by molar-refractivity contribution is 5.80. The van der Waals surface area contributed by atoms with E-state index in [1.165, 1.54) is 6.08 Å². The van der Waals surface area contributed by atoms with Crippen LogP contribution in [0.25, 0.3) is 0 Å². The predicted octanol–water partition coefficient (Wildman–Crippen LogP) is -5.44. The number of hydrogen-bond donors (Lipinski definition) is 10. The molecule has 212 valence electrons. The van der Waals surface area contributed by atoms with Crippen LogP contribution in [0.5, 0.6) is 0 Å². The topological polar surface area (TPSA) is 271 Å². The van der Waals surface area contributed by atoms with Crippen LogP contribution in [0.3, 0.4) is 0 Å². The molecule has 15 heteroatoms. The zero-order chi connectivity index (χ0) is 27.3.